The lowest BCUT2D eigenvalue weighted by molar-refractivity contribution is 0.0998. The SMILES string of the molecule is CCn1c(=NC(=O)c2ccc(Cl)cc2Cl)sc2cc3c(cc21)OCCO3. The summed E-state index contributed by atoms with van der Waals surface area (Å²) >= 11 is 13.4. The minimum atomic E-state index is -0.405. The van der Waals surface area contributed by atoms with E-state index >= 15 is 0 Å². The summed E-state index contributed by atoms with van der Waals surface area (Å²) in [7, 11) is 0. The van der Waals surface area contributed by atoms with Gasteiger partial charge in [0.1, 0.15) is 13.2 Å². The Labute approximate surface area is 163 Å². The fourth-order valence-electron chi connectivity index (χ4n) is 2.81. The van der Waals surface area contributed by atoms with Crippen LogP contribution in [0.5, 0.6) is 11.5 Å². The van der Waals surface area contributed by atoms with Crippen LogP contribution in [0.2, 0.25) is 10.0 Å². The molecule has 0 N–H and O–H groups in total. The molecule has 0 bridgehead atoms. The molecule has 1 aliphatic heterocycles. The van der Waals surface area contributed by atoms with Gasteiger partial charge in [-0.25, -0.2) is 0 Å². The van der Waals surface area contributed by atoms with Crippen LogP contribution < -0.4 is 14.3 Å². The van der Waals surface area contributed by atoms with Crippen molar-refractivity contribution in [3.63, 3.8) is 0 Å². The van der Waals surface area contributed by atoms with Gasteiger partial charge < -0.3 is 14.0 Å². The Morgan fingerprint density at radius 2 is 1.92 bits per heavy atom. The monoisotopic (exact) mass is 408 g/mol. The summed E-state index contributed by atoms with van der Waals surface area (Å²) in [5.74, 6) is 1.02. The molecule has 0 saturated heterocycles. The van der Waals surface area contributed by atoms with E-state index in [0.29, 0.717) is 46.6 Å². The molecule has 26 heavy (non-hydrogen) atoms. The number of nitrogens with zero attached hydrogens (tertiary/aromatic N) is 2. The van der Waals surface area contributed by atoms with Gasteiger partial charge in [0, 0.05) is 23.7 Å². The Bertz CT molecular complexity index is 1090. The van der Waals surface area contributed by atoms with Crippen molar-refractivity contribution in [1.29, 1.82) is 0 Å². The van der Waals surface area contributed by atoms with Crippen LogP contribution in [-0.2, 0) is 6.54 Å². The van der Waals surface area contributed by atoms with Gasteiger partial charge >= 0.3 is 0 Å². The Balaban J connectivity index is 1.85. The van der Waals surface area contributed by atoms with Crippen molar-refractivity contribution in [3.8, 4) is 11.5 Å². The van der Waals surface area contributed by atoms with Gasteiger partial charge in [-0.15, -0.1) is 0 Å². The lowest BCUT2D eigenvalue weighted by Gasteiger charge is -2.18. The molecule has 0 atom stereocenters. The Morgan fingerprint density at radius 1 is 1.19 bits per heavy atom. The summed E-state index contributed by atoms with van der Waals surface area (Å²) in [6.07, 6.45) is 0. The number of thiazole rings is 1. The van der Waals surface area contributed by atoms with E-state index in [-0.39, 0.29) is 5.02 Å². The fraction of sp³-hybridized carbons (Fsp3) is 0.222. The number of rotatable bonds is 2. The molecule has 2 aromatic carbocycles. The second-order valence-electron chi connectivity index (χ2n) is 5.63. The first-order chi connectivity index (χ1) is 12.6. The summed E-state index contributed by atoms with van der Waals surface area (Å²) in [6, 6.07) is 8.60. The number of halogens is 2. The van der Waals surface area contributed by atoms with Gasteiger partial charge in [0.2, 0.25) is 0 Å². The van der Waals surface area contributed by atoms with Crippen LogP contribution in [0.15, 0.2) is 35.3 Å². The first kappa shape index (κ1) is 17.4. The first-order valence-corrected chi connectivity index (χ1v) is 9.61. The molecule has 0 spiro atoms. The van der Waals surface area contributed by atoms with E-state index < -0.39 is 5.91 Å². The highest BCUT2D eigenvalue weighted by atomic mass is 35.5. The number of carbonyl (C=O) groups excluding carboxylic acids is 1. The van der Waals surface area contributed by atoms with Gasteiger partial charge in [-0.2, -0.15) is 4.99 Å². The summed E-state index contributed by atoms with van der Waals surface area (Å²) in [5.41, 5.74) is 1.28. The average molecular weight is 409 g/mol. The maximum Gasteiger partial charge on any atom is 0.281 e. The van der Waals surface area contributed by atoms with E-state index in [1.54, 1.807) is 12.1 Å². The second kappa shape index (κ2) is 6.95. The van der Waals surface area contributed by atoms with Crippen LogP contribution in [0, 0.1) is 0 Å². The second-order valence-corrected chi connectivity index (χ2v) is 7.49. The quantitative estimate of drug-likeness (QED) is 0.625. The summed E-state index contributed by atoms with van der Waals surface area (Å²) < 4.78 is 14.2. The van der Waals surface area contributed by atoms with Gasteiger partial charge in [0.25, 0.3) is 5.91 Å². The maximum atomic E-state index is 12.6. The van der Waals surface area contributed by atoms with E-state index in [4.69, 9.17) is 32.7 Å². The molecule has 0 radical (unpaired) electrons. The molecule has 1 amide bonds. The van der Waals surface area contributed by atoms with E-state index in [1.165, 1.54) is 17.4 Å². The number of aryl methyl sites for hydroxylation is 1. The zero-order chi connectivity index (χ0) is 18.3. The van der Waals surface area contributed by atoms with Gasteiger partial charge in [-0.3, -0.25) is 4.79 Å². The highest BCUT2D eigenvalue weighted by Gasteiger charge is 2.17. The molecule has 0 aliphatic carbocycles. The third-order valence-electron chi connectivity index (χ3n) is 4.02. The number of amides is 1. The highest BCUT2D eigenvalue weighted by molar-refractivity contribution is 7.16. The number of benzene rings is 2. The molecule has 8 heteroatoms. The lowest BCUT2D eigenvalue weighted by atomic mass is 10.2. The lowest BCUT2D eigenvalue weighted by Crippen LogP contribution is -2.17. The Kier molecular flexibility index (Phi) is 4.65. The Morgan fingerprint density at radius 3 is 2.62 bits per heavy atom. The van der Waals surface area contributed by atoms with E-state index in [0.717, 1.165) is 10.2 Å². The van der Waals surface area contributed by atoms with Crippen molar-refractivity contribution in [2.75, 3.05) is 13.2 Å². The first-order valence-electron chi connectivity index (χ1n) is 8.04. The summed E-state index contributed by atoms with van der Waals surface area (Å²) in [5, 5.41) is 0.760. The number of hydrogen-bond donors (Lipinski definition) is 0. The topological polar surface area (TPSA) is 52.8 Å². The molecule has 0 fully saturated rings. The molecule has 0 unspecified atom stereocenters. The normalized spacial score (nSPS) is 14.0. The van der Waals surface area contributed by atoms with Gasteiger partial charge in [-0.05, 0) is 25.1 Å². The van der Waals surface area contributed by atoms with E-state index in [2.05, 4.69) is 4.99 Å². The van der Waals surface area contributed by atoms with Crippen LogP contribution in [-0.4, -0.2) is 23.7 Å². The smallest absolute Gasteiger partial charge is 0.281 e. The fourth-order valence-corrected chi connectivity index (χ4v) is 4.40. The third-order valence-corrected chi connectivity index (χ3v) is 5.61. The van der Waals surface area contributed by atoms with Gasteiger partial charge in [0.15, 0.2) is 16.3 Å². The molecule has 3 aromatic rings. The number of aromatic nitrogens is 1. The summed E-state index contributed by atoms with van der Waals surface area (Å²) in [6.45, 7) is 3.73. The molecule has 5 nitrogen and oxygen atoms in total. The number of ether oxygens (including phenoxy) is 2. The number of hydrogen-bond acceptors (Lipinski definition) is 4. The van der Waals surface area contributed by atoms with Crippen molar-refractivity contribution in [2.45, 2.75) is 13.5 Å². The summed E-state index contributed by atoms with van der Waals surface area (Å²) in [4.78, 5) is 17.5. The Hall–Kier alpha value is -2.02. The number of carbonyl (C=O) groups is 1. The van der Waals surface area contributed by atoms with Gasteiger partial charge in [-0.1, -0.05) is 34.5 Å². The van der Waals surface area contributed by atoms with Crippen LogP contribution in [0.3, 0.4) is 0 Å². The van der Waals surface area contributed by atoms with Crippen molar-refractivity contribution < 1.29 is 14.3 Å². The number of fused-ring (bicyclic) bond motifs is 2. The predicted octanol–water partition coefficient (Wildman–Crippen LogP) is 4.54. The standard InChI is InChI=1S/C18H14Cl2N2O3S/c1-2-22-13-8-14-15(25-6-5-24-14)9-16(13)26-18(22)21-17(23)11-4-3-10(19)7-12(11)20/h3-4,7-9H,2,5-6H2,1H3. The minimum Gasteiger partial charge on any atom is -0.486 e. The highest BCUT2D eigenvalue weighted by Crippen LogP contribution is 2.35. The molecular formula is C18H14Cl2N2O3S. The zero-order valence-corrected chi connectivity index (χ0v) is 16.1. The van der Waals surface area contributed by atoms with Crippen LogP contribution in [0.1, 0.15) is 17.3 Å². The molecule has 134 valence electrons. The van der Waals surface area contributed by atoms with Crippen molar-refractivity contribution in [3.05, 3.63) is 50.7 Å². The predicted molar refractivity (Wildman–Crippen MR) is 103 cm³/mol. The van der Waals surface area contributed by atoms with E-state index in [9.17, 15) is 4.79 Å². The molecule has 4 rings (SSSR count). The maximum absolute atomic E-state index is 12.6. The molecule has 0 saturated carbocycles. The van der Waals surface area contributed by atoms with Crippen LogP contribution in [0.4, 0.5) is 0 Å². The zero-order valence-electron chi connectivity index (χ0n) is 13.8. The van der Waals surface area contributed by atoms with E-state index in [1.807, 2.05) is 23.6 Å². The third kappa shape index (κ3) is 3.09. The molecule has 1 aromatic heterocycles. The van der Waals surface area contributed by atoms with Crippen molar-refractivity contribution in [2.24, 2.45) is 4.99 Å². The van der Waals surface area contributed by atoms with Crippen LogP contribution >= 0.6 is 34.5 Å². The van der Waals surface area contributed by atoms with Gasteiger partial charge in [0.05, 0.1) is 20.8 Å². The van der Waals surface area contributed by atoms with Crippen molar-refractivity contribution >= 4 is 50.7 Å². The molecule has 1 aliphatic rings. The average Bonchev–Trinajstić information content (AvgIpc) is 2.95. The largest absolute Gasteiger partial charge is 0.486 e. The van der Waals surface area contributed by atoms with Crippen molar-refractivity contribution in [1.82, 2.24) is 4.57 Å². The minimum absolute atomic E-state index is 0.285. The molecular weight excluding hydrogens is 395 g/mol. The van der Waals surface area contributed by atoms with Crippen LogP contribution in [0.25, 0.3) is 10.2 Å². The molecule has 2 heterocycles.